The van der Waals surface area contributed by atoms with Crippen molar-refractivity contribution in [3.63, 3.8) is 0 Å². The second-order valence-electron chi connectivity index (χ2n) is 6.38. The SMILES string of the molecule is C=CCN1C(=O)COc2cc(F)c(N3C(=O)c4ccc(OC(F)F)cc4C3=O)cc21. The molecule has 0 N–H and O–H groups in total. The van der Waals surface area contributed by atoms with E-state index in [1.54, 1.807) is 0 Å². The number of nitrogens with zero attached hydrogens (tertiary/aromatic N) is 2. The fraction of sp³-hybridized carbons (Fsp3) is 0.150. The van der Waals surface area contributed by atoms with E-state index in [-0.39, 0.29) is 41.5 Å². The van der Waals surface area contributed by atoms with E-state index in [2.05, 4.69) is 11.3 Å². The first-order valence-electron chi connectivity index (χ1n) is 8.67. The van der Waals surface area contributed by atoms with Crippen LogP contribution in [0.2, 0.25) is 0 Å². The Balaban J connectivity index is 1.77. The number of benzene rings is 2. The second kappa shape index (κ2) is 7.21. The molecule has 154 valence electrons. The third-order valence-corrected chi connectivity index (χ3v) is 4.61. The van der Waals surface area contributed by atoms with Crippen molar-refractivity contribution in [2.45, 2.75) is 6.61 Å². The lowest BCUT2D eigenvalue weighted by atomic mass is 10.1. The molecule has 2 aliphatic rings. The molecule has 0 radical (unpaired) electrons. The van der Waals surface area contributed by atoms with Crippen LogP contribution in [0.3, 0.4) is 0 Å². The van der Waals surface area contributed by atoms with E-state index in [1.807, 2.05) is 0 Å². The molecule has 10 heteroatoms. The minimum atomic E-state index is -3.11. The van der Waals surface area contributed by atoms with Gasteiger partial charge in [0, 0.05) is 12.6 Å². The molecule has 0 fully saturated rings. The first-order valence-corrected chi connectivity index (χ1v) is 8.67. The molecule has 0 aromatic heterocycles. The summed E-state index contributed by atoms with van der Waals surface area (Å²) in [5.41, 5.74) is -0.524. The van der Waals surface area contributed by atoms with Crippen LogP contribution < -0.4 is 19.3 Å². The van der Waals surface area contributed by atoms with E-state index in [4.69, 9.17) is 4.74 Å². The maximum Gasteiger partial charge on any atom is 0.387 e. The molecule has 4 rings (SSSR count). The molecule has 2 heterocycles. The zero-order valence-electron chi connectivity index (χ0n) is 15.2. The van der Waals surface area contributed by atoms with Crippen molar-refractivity contribution in [3.05, 3.63) is 59.9 Å². The summed E-state index contributed by atoms with van der Waals surface area (Å²) in [5, 5.41) is 0. The third kappa shape index (κ3) is 3.06. The Morgan fingerprint density at radius 3 is 2.53 bits per heavy atom. The summed E-state index contributed by atoms with van der Waals surface area (Å²) < 4.78 is 49.2. The maximum atomic E-state index is 14.8. The molecule has 2 aliphatic heterocycles. The van der Waals surface area contributed by atoms with Crippen molar-refractivity contribution in [2.75, 3.05) is 23.0 Å². The molecule has 2 aromatic rings. The summed E-state index contributed by atoms with van der Waals surface area (Å²) in [5.74, 6) is -3.32. The van der Waals surface area contributed by atoms with Crippen molar-refractivity contribution in [1.29, 1.82) is 0 Å². The third-order valence-electron chi connectivity index (χ3n) is 4.61. The minimum Gasteiger partial charge on any atom is -0.481 e. The molecule has 0 saturated carbocycles. The zero-order valence-corrected chi connectivity index (χ0v) is 15.2. The molecule has 0 aliphatic carbocycles. The van der Waals surface area contributed by atoms with Gasteiger partial charge in [-0.3, -0.25) is 14.4 Å². The number of alkyl halides is 2. The van der Waals surface area contributed by atoms with Crippen LogP contribution in [0.1, 0.15) is 20.7 Å². The molecule has 7 nitrogen and oxygen atoms in total. The number of halogens is 3. The van der Waals surface area contributed by atoms with Gasteiger partial charge in [0.15, 0.2) is 12.4 Å². The van der Waals surface area contributed by atoms with E-state index in [0.717, 1.165) is 30.3 Å². The second-order valence-corrected chi connectivity index (χ2v) is 6.38. The van der Waals surface area contributed by atoms with E-state index in [0.29, 0.717) is 4.90 Å². The first-order chi connectivity index (χ1) is 14.3. The number of fused-ring (bicyclic) bond motifs is 2. The number of amides is 3. The Hall–Kier alpha value is -3.82. The fourth-order valence-corrected chi connectivity index (χ4v) is 3.33. The molecule has 0 spiro atoms. The summed E-state index contributed by atoms with van der Waals surface area (Å²) in [6.07, 6.45) is 1.46. The Morgan fingerprint density at radius 1 is 1.10 bits per heavy atom. The van der Waals surface area contributed by atoms with Gasteiger partial charge in [0.1, 0.15) is 11.5 Å². The first kappa shape index (κ1) is 19.5. The van der Waals surface area contributed by atoms with Crippen molar-refractivity contribution in [1.82, 2.24) is 0 Å². The monoisotopic (exact) mass is 418 g/mol. The molecule has 3 amide bonds. The molecule has 0 unspecified atom stereocenters. The minimum absolute atomic E-state index is 0.0712. The van der Waals surface area contributed by atoms with E-state index in [9.17, 15) is 27.6 Å². The quantitative estimate of drug-likeness (QED) is 0.551. The number of hydrogen-bond donors (Lipinski definition) is 0. The lowest BCUT2D eigenvalue weighted by molar-refractivity contribution is -0.121. The number of imide groups is 1. The largest absolute Gasteiger partial charge is 0.481 e. The molecule has 30 heavy (non-hydrogen) atoms. The van der Waals surface area contributed by atoms with E-state index >= 15 is 0 Å². The van der Waals surface area contributed by atoms with Gasteiger partial charge in [-0.1, -0.05) is 6.08 Å². The predicted octanol–water partition coefficient (Wildman–Crippen LogP) is 3.14. The number of anilines is 2. The van der Waals surface area contributed by atoms with E-state index in [1.165, 1.54) is 11.0 Å². The zero-order chi connectivity index (χ0) is 21.6. The van der Waals surface area contributed by atoms with Gasteiger partial charge >= 0.3 is 6.61 Å². The average Bonchev–Trinajstić information content (AvgIpc) is 2.94. The smallest absolute Gasteiger partial charge is 0.387 e. The van der Waals surface area contributed by atoms with Gasteiger partial charge in [0.05, 0.1) is 22.5 Å². The van der Waals surface area contributed by atoms with Crippen molar-refractivity contribution >= 4 is 29.1 Å². The molecule has 2 aromatic carbocycles. The highest BCUT2D eigenvalue weighted by molar-refractivity contribution is 6.34. The standard InChI is InChI=1S/C20H13F3N2O5/c1-2-5-24-15-8-14(13(21)7-16(15)29-9-17(24)26)25-18(27)11-4-3-10(30-20(22)23)6-12(11)19(25)28/h2-4,6-8,20H,1,5,9H2. The van der Waals surface area contributed by atoms with Crippen molar-refractivity contribution in [2.24, 2.45) is 0 Å². The molecule has 0 bridgehead atoms. The average molecular weight is 418 g/mol. The molecule has 0 atom stereocenters. The highest BCUT2D eigenvalue weighted by Crippen LogP contribution is 2.40. The Bertz CT molecular complexity index is 1100. The normalized spacial score (nSPS) is 15.3. The number of carbonyl (C=O) groups is 3. The van der Waals surface area contributed by atoms with Gasteiger partial charge in [0.25, 0.3) is 17.7 Å². The van der Waals surface area contributed by atoms with Crippen LogP contribution >= 0.6 is 0 Å². The summed E-state index contributed by atoms with van der Waals surface area (Å²) in [7, 11) is 0. The fourth-order valence-electron chi connectivity index (χ4n) is 3.33. The van der Waals surface area contributed by atoms with Crippen LogP contribution in [0, 0.1) is 5.82 Å². The summed E-state index contributed by atoms with van der Waals surface area (Å²) in [6, 6.07) is 5.39. The number of carbonyl (C=O) groups excluding carboxylic acids is 3. The van der Waals surface area contributed by atoms with Crippen LogP contribution in [0.5, 0.6) is 11.5 Å². The highest BCUT2D eigenvalue weighted by atomic mass is 19.3. The summed E-state index contributed by atoms with van der Waals surface area (Å²) in [6.45, 7) is 0.269. The van der Waals surface area contributed by atoms with Crippen LogP contribution in [0.15, 0.2) is 43.0 Å². The van der Waals surface area contributed by atoms with Gasteiger partial charge in [-0.05, 0) is 24.3 Å². The van der Waals surface area contributed by atoms with Crippen LogP contribution in [-0.2, 0) is 4.79 Å². The topological polar surface area (TPSA) is 76.2 Å². The van der Waals surface area contributed by atoms with Crippen molar-refractivity contribution in [3.8, 4) is 11.5 Å². The summed E-state index contributed by atoms with van der Waals surface area (Å²) in [4.78, 5) is 39.6. The van der Waals surface area contributed by atoms with Crippen LogP contribution in [0.25, 0.3) is 0 Å². The number of ether oxygens (including phenoxy) is 2. The van der Waals surface area contributed by atoms with Gasteiger partial charge in [-0.25, -0.2) is 9.29 Å². The Labute approximate surface area is 167 Å². The molecular formula is C20H13F3N2O5. The Morgan fingerprint density at radius 2 is 1.83 bits per heavy atom. The van der Waals surface area contributed by atoms with E-state index < -0.39 is 35.8 Å². The number of rotatable bonds is 5. The van der Waals surface area contributed by atoms with Gasteiger partial charge in [0.2, 0.25) is 0 Å². The predicted molar refractivity (Wildman–Crippen MR) is 98.7 cm³/mol. The Kier molecular flexibility index (Phi) is 4.69. The van der Waals surface area contributed by atoms with Gasteiger partial charge < -0.3 is 14.4 Å². The lowest BCUT2D eigenvalue weighted by Gasteiger charge is -2.29. The maximum absolute atomic E-state index is 14.8. The van der Waals surface area contributed by atoms with Gasteiger partial charge in [-0.2, -0.15) is 8.78 Å². The van der Waals surface area contributed by atoms with Gasteiger partial charge in [-0.15, -0.1) is 6.58 Å². The highest BCUT2D eigenvalue weighted by Gasteiger charge is 2.39. The number of hydrogen-bond acceptors (Lipinski definition) is 5. The lowest BCUT2D eigenvalue weighted by Crippen LogP contribution is -2.39. The molecular weight excluding hydrogens is 405 g/mol. The van der Waals surface area contributed by atoms with Crippen LogP contribution in [0.4, 0.5) is 24.5 Å². The molecule has 0 saturated heterocycles. The summed E-state index contributed by atoms with van der Waals surface area (Å²) >= 11 is 0. The van der Waals surface area contributed by atoms with Crippen molar-refractivity contribution < 1.29 is 37.0 Å². The van der Waals surface area contributed by atoms with Crippen LogP contribution in [-0.4, -0.2) is 37.5 Å².